The first-order valence-electron chi connectivity index (χ1n) is 5.19. The van der Waals surface area contributed by atoms with Crippen molar-refractivity contribution in [2.75, 3.05) is 11.5 Å². The zero-order valence-corrected chi connectivity index (χ0v) is 10.9. The number of thioether (sulfide) groups is 1. The van der Waals surface area contributed by atoms with E-state index in [4.69, 9.17) is 11.6 Å². The number of aromatic nitrogens is 3. The first-order chi connectivity index (χ1) is 7.00. The maximum absolute atomic E-state index is 6.11. The van der Waals surface area contributed by atoms with Crippen molar-refractivity contribution in [2.45, 2.75) is 38.6 Å². The average Bonchev–Trinajstić information content (AvgIpc) is 2.69. The summed E-state index contributed by atoms with van der Waals surface area (Å²) in [6, 6.07) is 0.478. The SMILES string of the molecule is CC(C)(C)c1nnc(Cl)n1C1CCSC1. The van der Waals surface area contributed by atoms with Crippen molar-refractivity contribution in [3.8, 4) is 0 Å². The van der Waals surface area contributed by atoms with Crippen LogP contribution in [0.25, 0.3) is 0 Å². The Bertz CT molecular complexity index is 350. The molecule has 1 fully saturated rings. The highest BCUT2D eigenvalue weighted by Crippen LogP contribution is 2.34. The molecule has 2 heterocycles. The van der Waals surface area contributed by atoms with E-state index < -0.39 is 0 Å². The van der Waals surface area contributed by atoms with E-state index in [0.717, 1.165) is 11.6 Å². The summed E-state index contributed by atoms with van der Waals surface area (Å²) in [5, 5.41) is 8.73. The van der Waals surface area contributed by atoms with Crippen LogP contribution in [0.2, 0.25) is 5.28 Å². The Morgan fingerprint density at radius 3 is 2.67 bits per heavy atom. The first kappa shape index (κ1) is 11.3. The largest absolute Gasteiger partial charge is 0.297 e. The van der Waals surface area contributed by atoms with Crippen LogP contribution < -0.4 is 0 Å². The Labute approximate surface area is 99.6 Å². The molecule has 5 heteroatoms. The van der Waals surface area contributed by atoms with Gasteiger partial charge in [0, 0.05) is 17.2 Å². The van der Waals surface area contributed by atoms with Gasteiger partial charge in [0.25, 0.3) is 0 Å². The van der Waals surface area contributed by atoms with Gasteiger partial charge in [-0.2, -0.15) is 11.8 Å². The number of rotatable bonds is 1. The molecule has 1 saturated heterocycles. The lowest BCUT2D eigenvalue weighted by Gasteiger charge is -2.22. The highest BCUT2D eigenvalue weighted by Gasteiger charge is 2.29. The molecule has 1 atom stereocenters. The number of halogens is 1. The molecule has 15 heavy (non-hydrogen) atoms. The number of hydrogen-bond acceptors (Lipinski definition) is 3. The predicted octanol–water partition coefficient (Wildman–Crippen LogP) is 2.91. The summed E-state index contributed by atoms with van der Waals surface area (Å²) in [4.78, 5) is 0. The zero-order valence-electron chi connectivity index (χ0n) is 9.33. The van der Waals surface area contributed by atoms with Gasteiger partial charge in [0.2, 0.25) is 5.28 Å². The Morgan fingerprint density at radius 1 is 1.40 bits per heavy atom. The van der Waals surface area contributed by atoms with Gasteiger partial charge in [-0.3, -0.25) is 4.57 Å². The van der Waals surface area contributed by atoms with Crippen LogP contribution in [0, 0.1) is 0 Å². The van der Waals surface area contributed by atoms with Gasteiger partial charge in [0.1, 0.15) is 5.82 Å². The lowest BCUT2D eigenvalue weighted by molar-refractivity contribution is 0.456. The Hall–Kier alpha value is -0.220. The summed E-state index contributed by atoms with van der Waals surface area (Å²) in [6.07, 6.45) is 1.17. The summed E-state index contributed by atoms with van der Waals surface area (Å²) >= 11 is 8.08. The van der Waals surface area contributed by atoms with Crippen LogP contribution in [0.3, 0.4) is 0 Å². The fraction of sp³-hybridized carbons (Fsp3) is 0.800. The van der Waals surface area contributed by atoms with Crippen LogP contribution in [-0.2, 0) is 5.41 Å². The van der Waals surface area contributed by atoms with Gasteiger partial charge in [-0.1, -0.05) is 20.8 Å². The highest BCUT2D eigenvalue weighted by atomic mass is 35.5. The average molecular weight is 246 g/mol. The molecule has 1 aromatic rings. The van der Waals surface area contributed by atoms with Crippen LogP contribution >= 0.6 is 23.4 Å². The second-order valence-electron chi connectivity index (χ2n) is 4.93. The standard InChI is InChI=1S/C10H16ClN3S/c1-10(2,3)8-12-13-9(11)14(8)7-4-5-15-6-7/h7H,4-6H2,1-3H3. The molecule has 0 saturated carbocycles. The van der Waals surface area contributed by atoms with Gasteiger partial charge in [0.15, 0.2) is 0 Å². The molecule has 0 aromatic carbocycles. The molecular formula is C10H16ClN3S. The third-order valence-corrected chi connectivity index (χ3v) is 4.00. The number of hydrogen-bond donors (Lipinski definition) is 0. The van der Waals surface area contributed by atoms with E-state index in [1.807, 2.05) is 11.8 Å². The van der Waals surface area contributed by atoms with E-state index in [2.05, 4.69) is 35.5 Å². The Balaban J connectivity index is 2.39. The van der Waals surface area contributed by atoms with E-state index in [1.165, 1.54) is 12.2 Å². The molecule has 1 aromatic heterocycles. The fourth-order valence-corrected chi connectivity index (χ4v) is 3.28. The maximum Gasteiger partial charge on any atom is 0.225 e. The van der Waals surface area contributed by atoms with Crippen molar-refractivity contribution >= 4 is 23.4 Å². The van der Waals surface area contributed by atoms with Crippen molar-refractivity contribution in [3.05, 3.63) is 11.1 Å². The lowest BCUT2D eigenvalue weighted by atomic mass is 9.95. The topological polar surface area (TPSA) is 30.7 Å². The van der Waals surface area contributed by atoms with Crippen LogP contribution in [0.4, 0.5) is 0 Å². The van der Waals surface area contributed by atoms with Crippen molar-refractivity contribution in [3.63, 3.8) is 0 Å². The molecule has 3 nitrogen and oxygen atoms in total. The molecule has 84 valence electrons. The van der Waals surface area contributed by atoms with Gasteiger partial charge in [0.05, 0.1) is 0 Å². The van der Waals surface area contributed by atoms with Gasteiger partial charge >= 0.3 is 0 Å². The zero-order chi connectivity index (χ0) is 11.1. The second-order valence-corrected chi connectivity index (χ2v) is 6.42. The molecule has 1 unspecified atom stereocenters. The van der Waals surface area contributed by atoms with Gasteiger partial charge in [-0.25, -0.2) is 0 Å². The molecule has 2 rings (SSSR count). The van der Waals surface area contributed by atoms with E-state index in [0.29, 0.717) is 11.3 Å². The van der Waals surface area contributed by atoms with Gasteiger partial charge < -0.3 is 0 Å². The molecule has 0 bridgehead atoms. The van der Waals surface area contributed by atoms with Crippen LogP contribution in [0.5, 0.6) is 0 Å². The third-order valence-electron chi connectivity index (χ3n) is 2.60. The molecule has 0 radical (unpaired) electrons. The van der Waals surface area contributed by atoms with Crippen LogP contribution in [0.15, 0.2) is 0 Å². The minimum atomic E-state index is 0.00734. The van der Waals surface area contributed by atoms with E-state index >= 15 is 0 Å². The van der Waals surface area contributed by atoms with Crippen molar-refractivity contribution in [1.82, 2.24) is 14.8 Å². The predicted molar refractivity (Wildman–Crippen MR) is 64.7 cm³/mol. The first-order valence-corrected chi connectivity index (χ1v) is 6.72. The fourth-order valence-electron chi connectivity index (χ4n) is 1.83. The third kappa shape index (κ3) is 2.16. The van der Waals surface area contributed by atoms with Gasteiger partial charge in [-0.05, 0) is 23.8 Å². The van der Waals surface area contributed by atoms with Crippen molar-refractivity contribution in [1.29, 1.82) is 0 Å². The van der Waals surface area contributed by atoms with Gasteiger partial charge in [-0.15, -0.1) is 10.2 Å². The smallest absolute Gasteiger partial charge is 0.225 e. The summed E-state index contributed by atoms with van der Waals surface area (Å²) in [7, 11) is 0. The molecule has 0 amide bonds. The minimum absolute atomic E-state index is 0.00734. The Kier molecular flexibility index (Phi) is 2.99. The van der Waals surface area contributed by atoms with E-state index in [-0.39, 0.29) is 5.41 Å². The Morgan fingerprint density at radius 2 is 2.13 bits per heavy atom. The molecule has 0 N–H and O–H groups in total. The lowest BCUT2D eigenvalue weighted by Crippen LogP contribution is -2.22. The molecule has 0 spiro atoms. The molecular weight excluding hydrogens is 230 g/mol. The molecule has 0 aliphatic carbocycles. The monoisotopic (exact) mass is 245 g/mol. The van der Waals surface area contributed by atoms with Crippen molar-refractivity contribution < 1.29 is 0 Å². The van der Waals surface area contributed by atoms with Crippen LogP contribution in [-0.4, -0.2) is 26.3 Å². The molecule has 1 aliphatic rings. The quantitative estimate of drug-likeness (QED) is 0.762. The molecule has 1 aliphatic heterocycles. The summed E-state index contributed by atoms with van der Waals surface area (Å²) in [6.45, 7) is 6.43. The highest BCUT2D eigenvalue weighted by molar-refractivity contribution is 7.99. The van der Waals surface area contributed by atoms with E-state index in [9.17, 15) is 0 Å². The van der Waals surface area contributed by atoms with E-state index in [1.54, 1.807) is 0 Å². The summed E-state index contributed by atoms with van der Waals surface area (Å²) in [5.41, 5.74) is 0.00734. The minimum Gasteiger partial charge on any atom is -0.297 e. The van der Waals surface area contributed by atoms with Crippen LogP contribution in [0.1, 0.15) is 39.1 Å². The second kappa shape index (κ2) is 3.98. The summed E-state index contributed by atoms with van der Waals surface area (Å²) in [5.74, 6) is 3.34. The number of nitrogens with zero attached hydrogens (tertiary/aromatic N) is 3. The van der Waals surface area contributed by atoms with Crippen molar-refractivity contribution in [2.24, 2.45) is 0 Å². The maximum atomic E-state index is 6.11. The normalized spacial score (nSPS) is 22.3. The summed E-state index contributed by atoms with van der Waals surface area (Å²) < 4.78 is 2.11.